The molecule has 0 spiro atoms. The second-order valence-corrected chi connectivity index (χ2v) is 3.84. The van der Waals surface area contributed by atoms with Crippen LogP contribution in [-0.4, -0.2) is 12.6 Å². The third kappa shape index (κ3) is 3.31. The summed E-state index contributed by atoms with van der Waals surface area (Å²) >= 11 is 0. The topological polar surface area (TPSA) is 39.4 Å². The second kappa shape index (κ2) is 6.00. The van der Waals surface area contributed by atoms with Crippen LogP contribution in [0.3, 0.4) is 0 Å². The molecule has 1 heterocycles. The molecule has 2 rings (SSSR count). The van der Waals surface area contributed by atoms with E-state index in [4.69, 9.17) is 9.15 Å². The van der Waals surface area contributed by atoms with Crippen LogP contribution in [0.4, 0.5) is 4.39 Å². The first-order chi connectivity index (χ1) is 9.20. The number of furan rings is 1. The van der Waals surface area contributed by atoms with Gasteiger partial charge in [0.1, 0.15) is 18.2 Å². The van der Waals surface area contributed by atoms with Crippen molar-refractivity contribution in [1.82, 2.24) is 0 Å². The summed E-state index contributed by atoms with van der Waals surface area (Å²) in [6.07, 6.45) is 3.51. The molecule has 0 aliphatic heterocycles. The SMILES string of the molecule is C/C=C/COC(=O)c1ccc(-c2ccc(F)cc2)o1. The average molecular weight is 260 g/mol. The van der Waals surface area contributed by atoms with Gasteiger partial charge in [-0.25, -0.2) is 9.18 Å². The zero-order chi connectivity index (χ0) is 13.7. The molecule has 0 amide bonds. The number of hydrogen-bond acceptors (Lipinski definition) is 3. The molecule has 0 saturated carbocycles. The average Bonchev–Trinajstić information content (AvgIpc) is 2.89. The van der Waals surface area contributed by atoms with Gasteiger partial charge >= 0.3 is 5.97 Å². The maximum absolute atomic E-state index is 12.8. The fourth-order valence-corrected chi connectivity index (χ4v) is 1.51. The van der Waals surface area contributed by atoms with Crippen molar-refractivity contribution in [3.05, 3.63) is 60.1 Å². The zero-order valence-corrected chi connectivity index (χ0v) is 10.4. The molecule has 0 atom stereocenters. The Morgan fingerprint density at radius 3 is 2.68 bits per heavy atom. The number of carbonyl (C=O) groups is 1. The van der Waals surface area contributed by atoms with Gasteiger partial charge in [-0.2, -0.15) is 0 Å². The molecule has 0 aliphatic carbocycles. The van der Waals surface area contributed by atoms with E-state index < -0.39 is 5.97 Å². The number of esters is 1. The minimum Gasteiger partial charge on any atom is -0.456 e. The molecule has 0 radical (unpaired) electrons. The number of allylic oxidation sites excluding steroid dienone is 1. The third-order valence-electron chi connectivity index (χ3n) is 2.48. The lowest BCUT2D eigenvalue weighted by Crippen LogP contribution is -2.03. The third-order valence-corrected chi connectivity index (χ3v) is 2.48. The van der Waals surface area contributed by atoms with Crippen molar-refractivity contribution in [1.29, 1.82) is 0 Å². The Balaban J connectivity index is 2.10. The van der Waals surface area contributed by atoms with Gasteiger partial charge in [-0.15, -0.1) is 0 Å². The molecular formula is C15H13FO3. The van der Waals surface area contributed by atoms with Crippen LogP contribution in [0.1, 0.15) is 17.5 Å². The van der Waals surface area contributed by atoms with Crippen molar-refractivity contribution in [3.63, 3.8) is 0 Å². The van der Waals surface area contributed by atoms with Gasteiger partial charge in [0.15, 0.2) is 0 Å². The van der Waals surface area contributed by atoms with Crippen LogP contribution < -0.4 is 0 Å². The smallest absolute Gasteiger partial charge is 0.374 e. The number of ether oxygens (including phenoxy) is 1. The van der Waals surface area contributed by atoms with Crippen molar-refractivity contribution in [2.45, 2.75) is 6.92 Å². The predicted molar refractivity (Wildman–Crippen MR) is 69.2 cm³/mol. The summed E-state index contributed by atoms with van der Waals surface area (Å²) in [5.74, 6) is -0.213. The van der Waals surface area contributed by atoms with Gasteiger partial charge in [0.2, 0.25) is 5.76 Å². The van der Waals surface area contributed by atoms with Gasteiger partial charge < -0.3 is 9.15 Å². The molecule has 0 N–H and O–H groups in total. The van der Waals surface area contributed by atoms with Crippen molar-refractivity contribution in [2.24, 2.45) is 0 Å². The fraction of sp³-hybridized carbons (Fsp3) is 0.133. The maximum atomic E-state index is 12.8. The lowest BCUT2D eigenvalue weighted by Gasteiger charge is -1.99. The Morgan fingerprint density at radius 2 is 2.00 bits per heavy atom. The van der Waals surface area contributed by atoms with Crippen LogP contribution in [-0.2, 0) is 4.74 Å². The van der Waals surface area contributed by atoms with Crippen molar-refractivity contribution >= 4 is 5.97 Å². The molecule has 0 saturated heterocycles. The second-order valence-electron chi connectivity index (χ2n) is 3.84. The highest BCUT2D eigenvalue weighted by Crippen LogP contribution is 2.22. The fourth-order valence-electron chi connectivity index (χ4n) is 1.51. The van der Waals surface area contributed by atoms with Crippen LogP contribution in [0.5, 0.6) is 0 Å². The zero-order valence-electron chi connectivity index (χ0n) is 10.4. The largest absolute Gasteiger partial charge is 0.456 e. The van der Waals surface area contributed by atoms with Crippen LogP contribution in [0.2, 0.25) is 0 Å². The van der Waals surface area contributed by atoms with Gasteiger partial charge in [-0.3, -0.25) is 0 Å². The minimum absolute atomic E-state index is 0.129. The Kier molecular flexibility index (Phi) is 4.13. The first kappa shape index (κ1) is 13.1. The Labute approximate surface area is 110 Å². The molecule has 3 nitrogen and oxygen atoms in total. The number of benzene rings is 1. The summed E-state index contributed by atoms with van der Waals surface area (Å²) in [6.45, 7) is 2.05. The van der Waals surface area contributed by atoms with E-state index in [1.54, 1.807) is 30.4 Å². The van der Waals surface area contributed by atoms with Gasteiger partial charge in [-0.05, 0) is 43.3 Å². The lowest BCUT2D eigenvalue weighted by molar-refractivity contribution is 0.0514. The molecule has 19 heavy (non-hydrogen) atoms. The minimum atomic E-state index is -0.522. The molecule has 2 aromatic rings. The highest BCUT2D eigenvalue weighted by Gasteiger charge is 2.13. The van der Waals surface area contributed by atoms with E-state index in [2.05, 4.69) is 0 Å². The van der Waals surface area contributed by atoms with E-state index in [1.165, 1.54) is 18.2 Å². The van der Waals surface area contributed by atoms with E-state index in [9.17, 15) is 9.18 Å². The van der Waals surface area contributed by atoms with E-state index in [0.717, 1.165) is 0 Å². The molecule has 0 fully saturated rings. The van der Waals surface area contributed by atoms with Crippen molar-refractivity contribution in [2.75, 3.05) is 6.61 Å². The molecular weight excluding hydrogens is 247 g/mol. The van der Waals surface area contributed by atoms with E-state index in [1.807, 2.05) is 6.92 Å². The monoisotopic (exact) mass is 260 g/mol. The summed E-state index contributed by atoms with van der Waals surface area (Å²) in [5.41, 5.74) is 0.703. The van der Waals surface area contributed by atoms with E-state index in [0.29, 0.717) is 11.3 Å². The molecule has 0 bridgehead atoms. The van der Waals surface area contributed by atoms with Crippen molar-refractivity contribution in [3.8, 4) is 11.3 Å². The van der Waals surface area contributed by atoms with Gasteiger partial charge in [0, 0.05) is 5.56 Å². The van der Waals surface area contributed by atoms with Crippen LogP contribution in [0, 0.1) is 5.82 Å². The molecule has 1 aromatic carbocycles. The summed E-state index contributed by atoms with van der Waals surface area (Å²) < 4.78 is 23.1. The van der Waals surface area contributed by atoms with Gasteiger partial charge in [0.05, 0.1) is 0 Å². The number of hydrogen-bond donors (Lipinski definition) is 0. The normalized spacial score (nSPS) is 10.8. The van der Waals surface area contributed by atoms with E-state index in [-0.39, 0.29) is 18.2 Å². The highest BCUT2D eigenvalue weighted by molar-refractivity contribution is 5.87. The first-order valence-corrected chi connectivity index (χ1v) is 5.85. The van der Waals surface area contributed by atoms with Crippen LogP contribution >= 0.6 is 0 Å². The predicted octanol–water partition coefficient (Wildman–Crippen LogP) is 3.82. The highest BCUT2D eigenvalue weighted by atomic mass is 19.1. The number of halogens is 1. The summed E-state index contributed by atoms with van der Waals surface area (Å²) in [7, 11) is 0. The van der Waals surface area contributed by atoms with Crippen LogP contribution in [0.15, 0.2) is 53.0 Å². The quantitative estimate of drug-likeness (QED) is 0.619. The van der Waals surface area contributed by atoms with E-state index >= 15 is 0 Å². The first-order valence-electron chi connectivity index (χ1n) is 5.85. The Bertz CT molecular complexity index is 582. The molecule has 1 aromatic heterocycles. The summed E-state index contributed by atoms with van der Waals surface area (Å²) in [6, 6.07) is 9.03. The molecule has 0 aliphatic rings. The maximum Gasteiger partial charge on any atom is 0.374 e. The molecule has 0 unspecified atom stereocenters. The molecule has 98 valence electrons. The standard InChI is InChI=1S/C15H13FO3/c1-2-3-10-18-15(17)14-9-8-13(19-14)11-4-6-12(16)7-5-11/h2-9H,10H2,1H3/b3-2+. The lowest BCUT2D eigenvalue weighted by atomic mass is 10.2. The Hall–Kier alpha value is -2.36. The van der Waals surface area contributed by atoms with Gasteiger partial charge in [-0.1, -0.05) is 12.2 Å². The van der Waals surface area contributed by atoms with Gasteiger partial charge in [0.25, 0.3) is 0 Å². The summed E-state index contributed by atoms with van der Waals surface area (Å²) in [5, 5.41) is 0. The Morgan fingerprint density at radius 1 is 1.26 bits per heavy atom. The summed E-state index contributed by atoms with van der Waals surface area (Å²) in [4.78, 5) is 11.6. The van der Waals surface area contributed by atoms with Crippen molar-refractivity contribution < 1.29 is 18.3 Å². The molecule has 4 heteroatoms. The van der Waals surface area contributed by atoms with Crippen LogP contribution in [0.25, 0.3) is 11.3 Å². The number of rotatable bonds is 4. The number of carbonyl (C=O) groups excluding carboxylic acids is 1.